The van der Waals surface area contributed by atoms with Crippen molar-refractivity contribution in [3.63, 3.8) is 0 Å². The van der Waals surface area contributed by atoms with Crippen LogP contribution in [-0.4, -0.2) is 50.0 Å². The van der Waals surface area contributed by atoms with Crippen molar-refractivity contribution < 1.29 is 17.9 Å². The van der Waals surface area contributed by atoms with Crippen molar-refractivity contribution in [2.45, 2.75) is 51.5 Å². The van der Waals surface area contributed by atoms with Gasteiger partial charge in [-0.2, -0.15) is 0 Å². The van der Waals surface area contributed by atoms with Crippen LogP contribution in [0.1, 0.15) is 43.6 Å². The maximum atomic E-state index is 12.4. The van der Waals surface area contributed by atoms with Gasteiger partial charge < -0.3 is 14.0 Å². The number of nitrogens with zero attached hydrogens (tertiary/aromatic N) is 3. The maximum absolute atomic E-state index is 12.4. The molecule has 0 fully saturated rings. The van der Waals surface area contributed by atoms with E-state index in [2.05, 4.69) is 35.7 Å². The van der Waals surface area contributed by atoms with E-state index in [0.717, 1.165) is 45.5 Å². The Morgan fingerprint density at radius 2 is 1.84 bits per heavy atom. The van der Waals surface area contributed by atoms with E-state index in [-0.39, 0.29) is 16.8 Å². The molecule has 0 unspecified atom stereocenters. The summed E-state index contributed by atoms with van der Waals surface area (Å²) in [6, 6.07) is 3.98. The van der Waals surface area contributed by atoms with E-state index < -0.39 is 9.84 Å². The van der Waals surface area contributed by atoms with Crippen LogP contribution in [0.4, 0.5) is 0 Å². The molecule has 7 nitrogen and oxygen atoms in total. The Morgan fingerprint density at radius 3 is 2.39 bits per heavy atom. The second-order valence-electron chi connectivity index (χ2n) is 7.86. The number of sulfone groups is 1. The Bertz CT molecular complexity index is 1220. The smallest absolute Gasteiger partial charge is 0.232 e. The van der Waals surface area contributed by atoms with E-state index in [1.165, 1.54) is 13.4 Å². The highest BCUT2D eigenvalue weighted by atomic mass is 32.2. The molecule has 0 saturated heterocycles. The van der Waals surface area contributed by atoms with Gasteiger partial charge in [-0.1, -0.05) is 13.8 Å². The van der Waals surface area contributed by atoms with Gasteiger partial charge in [0.15, 0.2) is 9.84 Å². The van der Waals surface area contributed by atoms with Crippen LogP contribution < -0.4 is 4.74 Å². The number of aromatic nitrogens is 3. The van der Waals surface area contributed by atoms with Crippen molar-refractivity contribution in [1.82, 2.24) is 14.5 Å². The van der Waals surface area contributed by atoms with Crippen LogP contribution in [0.25, 0.3) is 22.3 Å². The third-order valence-electron chi connectivity index (χ3n) is 5.55. The molecule has 168 valence electrons. The van der Waals surface area contributed by atoms with Gasteiger partial charge in [0.25, 0.3) is 0 Å². The molecule has 0 aromatic carbocycles. The fourth-order valence-corrected chi connectivity index (χ4v) is 4.74. The minimum Gasteiger partial charge on any atom is -0.480 e. The van der Waals surface area contributed by atoms with Gasteiger partial charge in [0, 0.05) is 25.1 Å². The maximum Gasteiger partial charge on any atom is 0.232 e. The van der Waals surface area contributed by atoms with Crippen LogP contribution in [0.3, 0.4) is 0 Å². The number of rotatable bonds is 8. The molecule has 0 spiro atoms. The summed E-state index contributed by atoms with van der Waals surface area (Å²) >= 11 is 0. The largest absolute Gasteiger partial charge is 0.480 e. The van der Waals surface area contributed by atoms with E-state index in [4.69, 9.17) is 14.5 Å². The second-order valence-corrected chi connectivity index (χ2v) is 9.84. The van der Waals surface area contributed by atoms with Gasteiger partial charge in [0.05, 0.1) is 42.2 Å². The number of aryl methyl sites for hydroxylation is 3. The molecule has 3 rings (SSSR count). The quantitative estimate of drug-likeness (QED) is 0.518. The summed E-state index contributed by atoms with van der Waals surface area (Å²) in [5.74, 6) is 0.123. The molecule has 3 aromatic rings. The molecule has 31 heavy (non-hydrogen) atoms. The van der Waals surface area contributed by atoms with Gasteiger partial charge in [-0.15, -0.1) is 0 Å². The van der Waals surface area contributed by atoms with Crippen LogP contribution in [0.15, 0.2) is 23.2 Å². The zero-order valence-corrected chi connectivity index (χ0v) is 20.1. The fraction of sp³-hybridized carbons (Fsp3) is 0.478. The van der Waals surface area contributed by atoms with E-state index in [1.807, 2.05) is 13.8 Å². The number of pyridine rings is 2. The molecule has 0 bridgehead atoms. The normalized spacial score (nSPS) is 13.0. The van der Waals surface area contributed by atoms with Crippen LogP contribution in [0.5, 0.6) is 5.88 Å². The summed E-state index contributed by atoms with van der Waals surface area (Å²) in [5.41, 5.74) is 6.31. The van der Waals surface area contributed by atoms with E-state index >= 15 is 0 Å². The van der Waals surface area contributed by atoms with Crippen molar-refractivity contribution in [2.75, 3.05) is 27.1 Å². The highest BCUT2D eigenvalue weighted by Gasteiger charge is 2.23. The van der Waals surface area contributed by atoms with Gasteiger partial charge in [-0.3, -0.25) is 0 Å². The van der Waals surface area contributed by atoms with Gasteiger partial charge in [0.2, 0.25) is 5.88 Å². The number of ether oxygens (including phenoxy) is 2. The predicted octanol–water partition coefficient (Wildman–Crippen LogP) is 4.15. The van der Waals surface area contributed by atoms with Gasteiger partial charge in [-0.25, -0.2) is 18.4 Å². The van der Waals surface area contributed by atoms with Crippen molar-refractivity contribution in [3.8, 4) is 17.1 Å². The Morgan fingerprint density at radius 1 is 1.13 bits per heavy atom. The Kier molecular flexibility index (Phi) is 6.71. The molecular formula is C23H31N3O4S. The first-order chi connectivity index (χ1) is 14.7. The zero-order chi connectivity index (χ0) is 22.9. The van der Waals surface area contributed by atoms with E-state index in [9.17, 15) is 8.42 Å². The molecule has 3 heterocycles. The first kappa shape index (κ1) is 23.2. The van der Waals surface area contributed by atoms with Crippen molar-refractivity contribution >= 4 is 20.9 Å². The molecule has 0 radical (unpaired) electrons. The lowest BCUT2D eigenvalue weighted by Crippen LogP contribution is -2.10. The highest BCUT2D eigenvalue weighted by molar-refractivity contribution is 7.90. The summed E-state index contributed by atoms with van der Waals surface area (Å²) in [6.07, 6.45) is 4.65. The monoisotopic (exact) mass is 445 g/mol. The average Bonchev–Trinajstić information content (AvgIpc) is 3.07. The lowest BCUT2D eigenvalue weighted by atomic mass is 10.0. The molecule has 0 aliphatic carbocycles. The van der Waals surface area contributed by atoms with Crippen molar-refractivity contribution in [2.24, 2.45) is 0 Å². The minimum atomic E-state index is -3.52. The molecule has 0 aliphatic rings. The zero-order valence-electron chi connectivity index (χ0n) is 19.3. The number of methoxy groups -OCH3 is 2. The first-order valence-corrected chi connectivity index (χ1v) is 12.3. The van der Waals surface area contributed by atoms with Crippen LogP contribution in [0.2, 0.25) is 0 Å². The fourth-order valence-electron chi connectivity index (χ4n) is 3.96. The molecule has 3 aromatic heterocycles. The van der Waals surface area contributed by atoms with E-state index in [1.54, 1.807) is 13.2 Å². The first-order valence-electron chi connectivity index (χ1n) is 10.4. The van der Waals surface area contributed by atoms with Crippen LogP contribution in [0, 0.1) is 6.92 Å². The van der Waals surface area contributed by atoms with E-state index in [0.29, 0.717) is 13.0 Å². The molecule has 8 heteroatoms. The summed E-state index contributed by atoms with van der Waals surface area (Å²) in [5, 5.41) is 0. The summed E-state index contributed by atoms with van der Waals surface area (Å²) < 4.78 is 37.6. The summed E-state index contributed by atoms with van der Waals surface area (Å²) in [6.45, 7) is 8.82. The minimum absolute atomic E-state index is 0.0779. The van der Waals surface area contributed by atoms with Gasteiger partial charge in [0.1, 0.15) is 4.90 Å². The summed E-state index contributed by atoms with van der Waals surface area (Å²) in [7, 11) is -0.383. The average molecular weight is 446 g/mol. The lowest BCUT2D eigenvalue weighted by Gasteiger charge is -2.17. The standard InChI is InChI=1S/C23H31N3O4S/c1-8-16-10-19-21(14(3)12-26(19)15(4)13-29-5)25-22(16)17-11-20(31(7,27)28)23(30-6)24-18(17)9-2/h10-12,15H,8-9,13H2,1-7H3/t15-/m0/s1. The van der Waals surface area contributed by atoms with Crippen LogP contribution >= 0.6 is 0 Å². The Balaban J connectivity index is 2.34. The molecular weight excluding hydrogens is 414 g/mol. The lowest BCUT2D eigenvalue weighted by molar-refractivity contribution is 0.164. The second kappa shape index (κ2) is 8.96. The molecule has 0 aliphatic heterocycles. The number of hydrogen-bond acceptors (Lipinski definition) is 6. The molecule has 1 atom stereocenters. The molecule has 0 amide bonds. The number of fused-ring (bicyclic) bond motifs is 1. The summed E-state index contributed by atoms with van der Waals surface area (Å²) in [4.78, 5) is 9.63. The third-order valence-corrected chi connectivity index (χ3v) is 6.64. The van der Waals surface area contributed by atoms with Crippen LogP contribution in [-0.2, 0) is 27.4 Å². The van der Waals surface area contributed by atoms with Crippen molar-refractivity contribution in [1.29, 1.82) is 0 Å². The Labute approximate surface area is 184 Å². The Hall–Kier alpha value is -2.45. The highest BCUT2D eigenvalue weighted by Crippen LogP contribution is 2.35. The topological polar surface area (TPSA) is 83.3 Å². The van der Waals surface area contributed by atoms with Gasteiger partial charge in [-0.05, 0) is 49.9 Å². The third kappa shape index (κ3) is 4.32. The van der Waals surface area contributed by atoms with Crippen molar-refractivity contribution in [3.05, 3.63) is 35.2 Å². The van der Waals surface area contributed by atoms with Gasteiger partial charge >= 0.3 is 0 Å². The molecule has 0 N–H and O–H groups in total. The number of hydrogen-bond donors (Lipinski definition) is 0. The predicted molar refractivity (Wildman–Crippen MR) is 123 cm³/mol. The SMILES string of the molecule is CCc1cc2c(nc1-c1cc(S(C)(=O)=O)c(OC)nc1CC)c(C)cn2[C@@H](C)COC. The molecule has 0 saturated carbocycles.